The molecular weight excluding hydrogens is 755 g/mol. The number of hydrogen-bond donors (Lipinski definition) is 0. The van der Waals surface area contributed by atoms with Crippen LogP contribution in [-0.4, -0.2) is 0 Å². The van der Waals surface area contributed by atoms with E-state index in [1.54, 1.807) is 0 Å². The lowest BCUT2D eigenvalue weighted by molar-refractivity contribution is 0.750. The van der Waals surface area contributed by atoms with E-state index < -0.39 is 5.41 Å². The molecule has 0 amide bonds. The minimum atomic E-state index is -0.518. The summed E-state index contributed by atoms with van der Waals surface area (Å²) in [4.78, 5) is 2.39. The quantitative estimate of drug-likeness (QED) is 0.155. The molecule has 1 heterocycles. The molecule has 1 aromatic heterocycles. The number of thiophene rings is 1. The smallest absolute Gasteiger partial charge is 0.0713 e. The Morgan fingerprint density at radius 1 is 0.328 bits per heavy atom. The Balaban J connectivity index is 0.993. The van der Waals surface area contributed by atoms with Crippen molar-refractivity contribution in [1.82, 2.24) is 0 Å². The molecule has 0 N–H and O–H groups in total. The number of nitrogens with zero attached hydrogens (tertiary/aromatic N) is 1. The summed E-state index contributed by atoms with van der Waals surface area (Å²) in [6, 6.07) is 87.3. The van der Waals surface area contributed by atoms with E-state index in [1.807, 2.05) is 11.3 Å². The lowest BCUT2D eigenvalue weighted by Gasteiger charge is -2.42. The van der Waals surface area contributed by atoms with Gasteiger partial charge in [-0.25, -0.2) is 0 Å². The van der Waals surface area contributed by atoms with E-state index in [4.69, 9.17) is 0 Å². The number of anilines is 3. The second-order valence-electron chi connectivity index (χ2n) is 16.0. The first-order chi connectivity index (χ1) is 30.2. The zero-order valence-electron chi connectivity index (χ0n) is 33.4. The van der Waals surface area contributed by atoms with Crippen LogP contribution in [0.5, 0.6) is 0 Å². The van der Waals surface area contributed by atoms with Gasteiger partial charge in [0.1, 0.15) is 0 Å². The first-order valence-electron chi connectivity index (χ1n) is 21.0. The summed E-state index contributed by atoms with van der Waals surface area (Å²) in [6.45, 7) is 0. The molecule has 12 rings (SSSR count). The van der Waals surface area contributed by atoms with Crippen LogP contribution in [-0.2, 0) is 5.41 Å². The van der Waals surface area contributed by atoms with E-state index in [0.29, 0.717) is 0 Å². The lowest BCUT2D eigenvalue weighted by Crippen LogP contribution is -2.33. The van der Waals surface area contributed by atoms with E-state index in [9.17, 15) is 0 Å². The van der Waals surface area contributed by atoms with Crippen molar-refractivity contribution in [3.8, 4) is 33.4 Å². The molecule has 1 aliphatic carbocycles. The summed E-state index contributed by atoms with van der Waals surface area (Å²) in [5, 5.41) is 5.20. The predicted octanol–water partition coefficient (Wildman–Crippen LogP) is 16.4. The lowest BCUT2D eigenvalue weighted by atomic mass is 9.59. The average Bonchev–Trinajstić information content (AvgIpc) is 3.71. The molecule has 0 saturated carbocycles. The fourth-order valence-corrected chi connectivity index (χ4v) is 11.2. The predicted molar refractivity (Wildman–Crippen MR) is 260 cm³/mol. The maximum Gasteiger partial charge on any atom is 0.0713 e. The molecule has 1 unspecified atom stereocenters. The Bertz CT molecular complexity index is 3400. The molecule has 0 fully saturated rings. The standard InChI is InChI=1S/C59H39NS/c1-3-14-40(15-4-1)41-28-32-47(33-29-41)60(49-36-37-52-51-23-8-10-27-56(51)61-57(52)39-49)48-34-30-42(31-35-48)44-18-11-21-46(38-44)59(45-19-5-2-6-20-45)54-25-9-7-22-50(54)53-24-12-16-43-17-13-26-55(59)58(43)53/h1-39H. The molecule has 286 valence electrons. The highest BCUT2D eigenvalue weighted by molar-refractivity contribution is 7.25. The Labute approximate surface area is 360 Å². The number of benzene rings is 10. The van der Waals surface area contributed by atoms with Crippen LogP contribution in [0.2, 0.25) is 0 Å². The Morgan fingerprint density at radius 3 is 1.66 bits per heavy atom. The van der Waals surface area contributed by atoms with Gasteiger partial charge in [0, 0.05) is 37.2 Å². The van der Waals surface area contributed by atoms with Crippen LogP contribution in [0.4, 0.5) is 17.1 Å². The average molecular weight is 794 g/mol. The molecule has 1 nitrogen and oxygen atoms in total. The third-order valence-corrected chi connectivity index (χ3v) is 13.9. The monoisotopic (exact) mass is 793 g/mol. The van der Waals surface area contributed by atoms with Crippen LogP contribution in [0.3, 0.4) is 0 Å². The maximum atomic E-state index is 2.43. The Kier molecular flexibility index (Phi) is 8.33. The summed E-state index contributed by atoms with van der Waals surface area (Å²) in [7, 11) is 0. The fourth-order valence-electron chi connectivity index (χ4n) is 10.0. The van der Waals surface area contributed by atoms with Crippen molar-refractivity contribution >= 4 is 59.3 Å². The second kappa shape index (κ2) is 14.3. The van der Waals surface area contributed by atoms with E-state index in [0.717, 1.165) is 17.1 Å². The van der Waals surface area contributed by atoms with Gasteiger partial charge in [-0.05, 0) is 115 Å². The third-order valence-electron chi connectivity index (χ3n) is 12.7. The van der Waals surface area contributed by atoms with Crippen molar-refractivity contribution in [2.24, 2.45) is 0 Å². The highest BCUT2D eigenvalue weighted by atomic mass is 32.1. The van der Waals surface area contributed by atoms with Crippen LogP contribution in [0.15, 0.2) is 237 Å². The van der Waals surface area contributed by atoms with Crippen LogP contribution < -0.4 is 4.90 Å². The van der Waals surface area contributed by atoms with Crippen LogP contribution >= 0.6 is 11.3 Å². The minimum absolute atomic E-state index is 0.518. The first kappa shape index (κ1) is 35.4. The Morgan fingerprint density at radius 2 is 0.869 bits per heavy atom. The molecule has 2 heteroatoms. The summed E-state index contributed by atoms with van der Waals surface area (Å²) in [5.41, 5.74) is 15.4. The van der Waals surface area contributed by atoms with Crippen molar-refractivity contribution in [1.29, 1.82) is 0 Å². The molecule has 0 spiro atoms. The molecule has 61 heavy (non-hydrogen) atoms. The highest BCUT2D eigenvalue weighted by Gasteiger charge is 2.44. The molecule has 11 aromatic rings. The fraction of sp³-hybridized carbons (Fsp3) is 0.0169. The molecule has 0 aliphatic heterocycles. The van der Waals surface area contributed by atoms with Crippen molar-refractivity contribution < 1.29 is 0 Å². The topological polar surface area (TPSA) is 3.24 Å². The van der Waals surface area contributed by atoms with Gasteiger partial charge in [0.15, 0.2) is 0 Å². The second-order valence-corrected chi connectivity index (χ2v) is 17.1. The zero-order chi connectivity index (χ0) is 40.3. The maximum absolute atomic E-state index is 2.43. The third kappa shape index (κ3) is 5.68. The molecule has 1 atom stereocenters. The Hall–Kier alpha value is -7.52. The van der Waals surface area contributed by atoms with Gasteiger partial charge in [-0.3, -0.25) is 0 Å². The van der Waals surface area contributed by atoms with E-state index in [-0.39, 0.29) is 0 Å². The van der Waals surface area contributed by atoms with E-state index in [1.165, 1.54) is 86.6 Å². The van der Waals surface area contributed by atoms with Gasteiger partial charge < -0.3 is 4.90 Å². The summed E-state index contributed by atoms with van der Waals surface area (Å²) in [6.07, 6.45) is 0. The summed E-state index contributed by atoms with van der Waals surface area (Å²) >= 11 is 1.86. The van der Waals surface area contributed by atoms with Crippen molar-refractivity contribution in [3.05, 3.63) is 259 Å². The summed E-state index contributed by atoms with van der Waals surface area (Å²) < 4.78 is 2.60. The van der Waals surface area contributed by atoms with Crippen molar-refractivity contribution in [3.63, 3.8) is 0 Å². The molecular formula is C59H39NS. The van der Waals surface area contributed by atoms with Gasteiger partial charge in [-0.15, -0.1) is 11.3 Å². The molecule has 1 aliphatic rings. The van der Waals surface area contributed by atoms with Gasteiger partial charge in [0.05, 0.1) is 5.41 Å². The van der Waals surface area contributed by atoms with Crippen molar-refractivity contribution in [2.45, 2.75) is 5.41 Å². The number of rotatable bonds is 7. The molecule has 0 bridgehead atoms. The van der Waals surface area contributed by atoms with Crippen molar-refractivity contribution in [2.75, 3.05) is 4.90 Å². The molecule has 0 saturated heterocycles. The van der Waals surface area contributed by atoms with Gasteiger partial charge >= 0.3 is 0 Å². The molecule has 10 aromatic carbocycles. The van der Waals surface area contributed by atoms with Gasteiger partial charge in [0.25, 0.3) is 0 Å². The van der Waals surface area contributed by atoms with Crippen LogP contribution in [0.1, 0.15) is 22.3 Å². The normalized spacial score (nSPS) is 14.3. The number of fused-ring (bicyclic) bond motifs is 5. The van der Waals surface area contributed by atoms with Gasteiger partial charge in [0.2, 0.25) is 0 Å². The van der Waals surface area contributed by atoms with Crippen LogP contribution in [0.25, 0.3) is 64.3 Å². The van der Waals surface area contributed by atoms with Gasteiger partial charge in [-0.2, -0.15) is 0 Å². The van der Waals surface area contributed by atoms with E-state index in [2.05, 4.69) is 241 Å². The summed E-state index contributed by atoms with van der Waals surface area (Å²) in [5.74, 6) is 0. The van der Waals surface area contributed by atoms with Gasteiger partial charge in [-0.1, -0.05) is 188 Å². The minimum Gasteiger partial charge on any atom is -0.310 e. The number of hydrogen-bond acceptors (Lipinski definition) is 2. The van der Waals surface area contributed by atoms with Crippen LogP contribution in [0, 0.1) is 0 Å². The largest absolute Gasteiger partial charge is 0.310 e. The first-order valence-corrected chi connectivity index (χ1v) is 21.8. The molecule has 0 radical (unpaired) electrons. The SMILES string of the molecule is c1ccc(-c2ccc(N(c3ccc(-c4cccc(C5(c6ccccc6)c6ccccc6-c6cccc7cccc5c67)c4)cc3)c3ccc4c(c3)sc3ccccc34)cc2)cc1. The van der Waals surface area contributed by atoms with E-state index >= 15 is 0 Å². The highest BCUT2D eigenvalue weighted by Crippen LogP contribution is 2.55. The zero-order valence-corrected chi connectivity index (χ0v) is 34.2.